The summed E-state index contributed by atoms with van der Waals surface area (Å²) in [6.07, 6.45) is 1.83. The largest absolute Gasteiger partial charge is 0.460 e. The van der Waals surface area contributed by atoms with Gasteiger partial charge in [0.25, 0.3) is 0 Å². The van der Waals surface area contributed by atoms with Crippen LogP contribution in [-0.4, -0.2) is 11.5 Å². The van der Waals surface area contributed by atoms with Crippen molar-refractivity contribution in [2.24, 2.45) is 5.41 Å². The third-order valence-electron chi connectivity index (χ3n) is 3.27. The van der Waals surface area contributed by atoms with Crippen LogP contribution in [0.2, 0.25) is 0 Å². The highest BCUT2D eigenvalue weighted by atomic mass is 16.5. The molecule has 3 nitrogen and oxygen atoms in total. The zero-order valence-electron chi connectivity index (χ0n) is 14.2. The number of carbonyl (C=O) groups excluding carboxylic acids is 1. The number of nitrogens with one attached hydrogen (secondary N) is 1. The maximum absolute atomic E-state index is 12.0. The van der Waals surface area contributed by atoms with Gasteiger partial charge in [-0.3, -0.25) is 4.79 Å². The normalized spacial score (nSPS) is 12.1. The van der Waals surface area contributed by atoms with E-state index >= 15 is 0 Å². The van der Waals surface area contributed by atoms with Gasteiger partial charge < -0.3 is 10.1 Å². The summed E-state index contributed by atoms with van der Waals surface area (Å²) in [5.74, 6) is -0.124. The quantitative estimate of drug-likeness (QED) is 0.767. The van der Waals surface area contributed by atoms with Crippen molar-refractivity contribution in [3.8, 4) is 0 Å². The average Bonchev–Trinajstić information content (AvgIpc) is 2.35. The van der Waals surface area contributed by atoms with Crippen molar-refractivity contribution in [1.82, 2.24) is 0 Å². The summed E-state index contributed by atoms with van der Waals surface area (Å²) < 4.78 is 5.43. The molecule has 1 aromatic carbocycles. The first-order valence-electron chi connectivity index (χ1n) is 7.68. The lowest BCUT2D eigenvalue weighted by atomic mass is 9.88. The van der Waals surface area contributed by atoms with Crippen molar-refractivity contribution in [3.63, 3.8) is 0 Å². The van der Waals surface area contributed by atoms with Crippen LogP contribution in [-0.2, 0) is 16.1 Å². The summed E-state index contributed by atoms with van der Waals surface area (Å²) in [5.41, 5.74) is 1.72. The van der Waals surface area contributed by atoms with Crippen molar-refractivity contribution in [1.29, 1.82) is 0 Å². The van der Waals surface area contributed by atoms with Crippen molar-refractivity contribution in [2.45, 2.75) is 66.5 Å². The molecule has 3 heteroatoms. The zero-order valence-corrected chi connectivity index (χ0v) is 14.2. The Morgan fingerprint density at radius 3 is 2.14 bits per heavy atom. The minimum atomic E-state index is -0.400. The molecular weight excluding hydrogens is 262 g/mol. The third-order valence-corrected chi connectivity index (χ3v) is 3.27. The number of rotatable bonds is 6. The molecule has 0 aromatic heterocycles. The van der Waals surface area contributed by atoms with Gasteiger partial charge in [0.1, 0.15) is 6.61 Å². The Morgan fingerprint density at radius 2 is 1.67 bits per heavy atom. The summed E-state index contributed by atoms with van der Waals surface area (Å²) in [6.45, 7) is 12.7. The van der Waals surface area contributed by atoms with Gasteiger partial charge >= 0.3 is 5.97 Å². The Kier molecular flexibility index (Phi) is 5.82. The molecule has 0 aliphatic heterocycles. The molecule has 118 valence electrons. The first kappa shape index (κ1) is 17.5. The van der Waals surface area contributed by atoms with Crippen molar-refractivity contribution in [3.05, 3.63) is 29.8 Å². The summed E-state index contributed by atoms with van der Waals surface area (Å²) in [4.78, 5) is 12.0. The molecule has 21 heavy (non-hydrogen) atoms. The molecule has 1 rings (SSSR count). The molecule has 0 heterocycles. The lowest BCUT2D eigenvalue weighted by molar-refractivity contribution is -0.155. The Hall–Kier alpha value is -1.51. The highest BCUT2D eigenvalue weighted by molar-refractivity contribution is 5.75. The van der Waals surface area contributed by atoms with Gasteiger partial charge in [0.05, 0.1) is 5.41 Å². The van der Waals surface area contributed by atoms with E-state index in [0.717, 1.165) is 24.1 Å². The summed E-state index contributed by atoms with van der Waals surface area (Å²) >= 11 is 0. The van der Waals surface area contributed by atoms with Crippen LogP contribution in [0.3, 0.4) is 0 Å². The molecular formula is C18H29NO2. The lowest BCUT2D eigenvalue weighted by Gasteiger charge is -2.23. The number of hydrogen-bond donors (Lipinski definition) is 1. The summed E-state index contributed by atoms with van der Waals surface area (Å²) in [5, 5.41) is 3.41. The first-order chi connectivity index (χ1) is 9.64. The van der Waals surface area contributed by atoms with E-state index in [1.807, 2.05) is 38.1 Å². The number of anilines is 1. The highest BCUT2D eigenvalue weighted by Gasteiger charge is 2.28. The molecule has 0 aliphatic rings. The van der Waals surface area contributed by atoms with Crippen LogP contribution in [0.1, 0.15) is 59.9 Å². The van der Waals surface area contributed by atoms with E-state index in [2.05, 4.69) is 33.0 Å². The van der Waals surface area contributed by atoms with Crippen LogP contribution in [0, 0.1) is 5.41 Å². The third kappa shape index (κ3) is 6.19. The van der Waals surface area contributed by atoms with Crippen LogP contribution >= 0.6 is 0 Å². The maximum Gasteiger partial charge on any atom is 0.311 e. The summed E-state index contributed by atoms with van der Waals surface area (Å²) in [6, 6.07) is 8.03. The van der Waals surface area contributed by atoms with Crippen molar-refractivity contribution >= 4 is 11.7 Å². The zero-order chi connectivity index (χ0) is 16.1. The van der Waals surface area contributed by atoms with Crippen LogP contribution in [0.5, 0.6) is 0 Å². The van der Waals surface area contributed by atoms with Gasteiger partial charge in [-0.1, -0.05) is 25.5 Å². The SMILES string of the molecule is CCCC(C)(C)C(=O)OCc1ccc(NC(C)(C)C)cc1. The number of benzene rings is 1. The van der Waals surface area contributed by atoms with E-state index in [0.29, 0.717) is 6.61 Å². The predicted molar refractivity (Wildman–Crippen MR) is 88.3 cm³/mol. The van der Waals surface area contributed by atoms with Crippen molar-refractivity contribution in [2.75, 3.05) is 5.32 Å². The van der Waals surface area contributed by atoms with Gasteiger partial charge in [-0.25, -0.2) is 0 Å². The number of ether oxygens (including phenoxy) is 1. The Balaban J connectivity index is 2.55. The predicted octanol–water partition coefficient (Wildman–Crippen LogP) is 4.77. The van der Waals surface area contributed by atoms with Gasteiger partial charge in [-0.15, -0.1) is 0 Å². The topological polar surface area (TPSA) is 38.3 Å². The van der Waals surface area contributed by atoms with Crippen LogP contribution in [0.15, 0.2) is 24.3 Å². The van der Waals surface area contributed by atoms with E-state index in [1.165, 1.54) is 0 Å². The second kappa shape index (κ2) is 6.97. The number of carbonyl (C=O) groups is 1. The molecule has 0 amide bonds. The molecule has 0 aliphatic carbocycles. The van der Waals surface area contributed by atoms with E-state index in [1.54, 1.807) is 0 Å². The maximum atomic E-state index is 12.0. The fourth-order valence-electron chi connectivity index (χ4n) is 2.19. The molecule has 0 fully saturated rings. The number of hydrogen-bond acceptors (Lipinski definition) is 3. The monoisotopic (exact) mass is 291 g/mol. The molecule has 0 saturated carbocycles. The highest BCUT2D eigenvalue weighted by Crippen LogP contribution is 2.24. The van der Waals surface area contributed by atoms with Crippen molar-refractivity contribution < 1.29 is 9.53 Å². The molecule has 0 radical (unpaired) electrons. The van der Waals surface area contributed by atoms with Crippen LogP contribution < -0.4 is 5.32 Å². The molecule has 1 aromatic rings. The fraction of sp³-hybridized carbons (Fsp3) is 0.611. The molecule has 0 unspecified atom stereocenters. The molecule has 1 N–H and O–H groups in total. The summed E-state index contributed by atoms with van der Waals surface area (Å²) in [7, 11) is 0. The Morgan fingerprint density at radius 1 is 1.10 bits per heavy atom. The smallest absolute Gasteiger partial charge is 0.311 e. The molecule has 0 bridgehead atoms. The minimum Gasteiger partial charge on any atom is -0.460 e. The second-order valence-electron chi connectivity index (χ2n) is 7.28. The van der Waals surface area contributed by atoms with Gasteiger partial charge in [-0.2, -0.15) is 0 Å². The van der Waals surface area contributed by atoms with Gasteiger partial charge in [0.15, 0.2) is 0 Å². The van der Waals surface area contributed by atoms with Crippen LogP contribution in [0.25, 0.3) is 0 Å². The van der Waals surface area contributed by atoms with Gasteiger partial charge in [0, 0.05) is 11.2 Å². The lowest BCUT2D eigenvalue weighted by Crippen LogP contribution is -2.26. The fourth-order valence-corrected chi connectivity index (χ4v) is 2.19. The van der Waals surface area contributed by atoms with Gasteiger partial charge in [0.2, 0.25) is 0 Å². The van der Waals surface area contributed by atoms with Gasteiger partial charge in [-0.05, 0) is 58.7 Å². The minimum absolute atomic E-state index is 0.0398. The standard InChI is InChI=1S/C18H29NO2/c1-7-12-18(5,6)16(20)21-13-14-8-10-15(11-9-14)19-17(2,3)4/h8-11,19H,7,12-13H2,1-6H3. The Bertz CT molecular complexity index is 455. The first-order valence-corrected chi connectivity index (χ1v) is 7.68. The second-order valence-corrected chi connectivity index (χ2v) is 7.28. The average molecular weight is 291 g/mol. The number of esters is 1. The molecule has 0 atom stereocenters. The van der Waals surface area contributed by atoms with Crippen LogP contribution in [0.4, 0.5) is 5.69 Å². The molecule has 0 saturated heterocycles. The van der Waals surface area contributed by atoms with E-state index in [9.17, 15) is 4.79 Å². The molecule has 0 spiro atoms. The van der Waals surface area contributed by atoms with E-state index in [-0.39, 0.29) is 11.5 Å². The Labute approximate surface area is 129 Å². The van der Waals surface area contributed by atoms with E-state index < -0.39 is 5.41 Å². The van der Waals surface area contributed by atoms with E-state index in [4.69, 9.17) is 4.74 Å².